The summed E-state index contributed by atoms with van der Waals surface area (Å²) in [6, 6.07) is 17.6. The standard InChI is InChI=1S/C17H15N5S/c1-12-2-8-15(9-3-12)16-20-21-17(22(16)19)23-11-14-6-4-13(10-18)5-7-14/h2-9H,11,19H2,1H3. The molecule has 1 aromatic heterocycles. The number of nitrogens with two attached hydrogens (primary N) is 1. The molecule has 0 aliphatic rings. The van der Waals surface area contributed by atoms with Gasteiger partial charge in [0.1, 0.15) is 0 Å². The summed E-state index contributed by atoms with van der Waals surface area (Å²) in [4.78, 5) is 0. The number of aromatic nitrogens is 3. The van der Waals surface area contributed by atoms with E-state index in [4.69, 9.17) is 11.1 Å². The molecule has 3 aromatic rings. The van der Waals surface area contributed by atoms with Crippen LogP contribution in [0.4, 0.5) is 0 Å². The van der Waals surface area contributed by atoms with Crippen molar-refractivity contribution >= 4 is 11.8 Å². The summed E-state index contributed by atoms with van der Waals surface area (Å²) < 4.78 is 1.51. The number of hydrogen-bond donors (Lipinski definition) is 1. The van der Waals surface area contributed by atoms with Gasteiger partial charge in [0.25, 0.3) is 0 Å². The molecule has 1 heterocycles. The molecular weight excluding hydrogens is 306 g/mol. The van der Waals surface area contributed by atoms with E-state index in [2.05, 4.69) is 16.3 Å². The summed E-state index contributed by atoms with van der Waals surface area (Å²) in [5, 5.41) is 17.8. The van der Waals surface area contributed by atoms with Gasteiger partial charge in [-0.3, -0.25) is 0 Å². The topological polar surface area (TPSA) is 80.5 Å². The first kappa shape index (κ1) is 15.1. The van der Waals surface area contributed by atoms with Crippen molar-refractivity contribution < 1.29 is 0 Å². The Balaban J connectivity index is 1.74. The van der Waals surface area contributed by atoms with Gasteiger partial charge >= 0.3 is 0 Å². The second-order valence-electron chi connectivity index (χ2n) is 5.14. The lowest BCUT2D eigenvalue weighted by Crippen LogP contribution is -2.11. The van der Waals surface area contributed by atoms with E-state index in [0.29, 0.717) is 16.5 Å². The van der Waals surface area contributed by atoms with Crippen molar-refractivity contribution in [2.24, 2.45) is 0 Å². The molecule has 0 amide bonds. The number of nitrogen functional groups attached to an aromatic ring is 1. The molecule has 0 radical (unpaired) electrons. The normalized spacial score (nSPS) is 10.4. The zero-order chi connectivity index (χ0) is 16.2. The Morgan fingerprint density at radius 3 is 2.43 bits per heavy atom. The van der Waals surface area contributed by atoms with Gasteiger partial charge in [0.15, 0.2) is 5.82 Å². The number of aryl methyl sites for hydroxylation is 1. The highest BCUT2D eigenvalue weighted by atomic mass is 32.2. The summed E-state index contributed by atoms with van der Waals surface area (Å²) in [7, 11) is 0. The molecule has 0 fully saturated rings. The summed E-state index contributed by atoms with van der Waals surface area (Å²) in [5.41, 5.74) is 3.89. The zero-order valence-corrected chi connectivity index (χ0v) is 13.4. The minimum Gasteiger partial charge on any atom is -0.335 e. The second kappa shape index (κ2) is 6.55. The SMILES string of the molecule is Cc1ccc(-c2nnc(SCc3ccc(C#N)cc3)n2N)cc1. The first-order valence-electron chi connectivity index (χ1n) is 7.07. The van der Waals surface area contributed by atoms with Gasteiger partial charge in [-0.2, -0.15) is 5.26 Å². The molecule has 0 saturated carbocycles. The van der Waals surface area contributed by atoms with E-state index in [-0.39, 0.29) is 0 Å². The maximum atomic E-state index is 8.81. The molecule has 6 heteroatoms. The highest BCUT2D eigenvalue weighted by Gasteiger charge is 2.12. The van der Waals surface area contributed by atoms with Crippen molar-refractivity contribution in [3.63, 3.8) is 0 Å². The molecule has 0 unspecified atom stereocenters. The molecule has 0 aliphatic heterocycles. The average molecular weight is 321 g/mol. The quantitative estimate of drug-likeness (QED) is 0.590. The van der Waals surface area contributed by atoms with E-state index in [1.165, 1.54) is 22.0 Å². The number of nitriles is 1. The molecule has 2 aromatic carbocycles. The Morgan fingerprint density at radius 1 is 1.09 bits per heavy atom. The maximum absolute atomic E-state index is 8.81. The largest absolute Gasteiger partial charge is 0.335 e. The number of hydrogen-bond acceptors (Lipinski definition) is 5. The van der Waals surface area contributed by atoms with Crippen LogP contribution in [-0.4, -0.2) is 14.9 Å². The van der Waals surface area contributed by atoms with Gasteiger partial charge in [-0.25, -0.2) is 4.68 Å². The smallest absolute Gasteiger partial charge is 0.210 e. The monoisotopic (exact) mass is 321 g/mol. The van der Waals surface area contributed by atoms with Crippen molar-refractivity contribution in [2.45, 2.75) is 17.8 Å². The molecule has 0 atom stereocenters. The third-order valence-electron chi connectivity index (χ3n) is 3.43. The number of benzene rings is 2. The fraction of sp³-hybridized carbons (Fsp3) is 0.118. The number of nitrogens with zero attached hydrogens (tertiary/aromatic N) is 4. The van der Waals surface area contributed by atoms with Crippen molar-refractivity contribution in [3.8, 4) is 17.5 Å². The zero-order valence-electron chi connectivity index (χ0n) is 12.6. The first-order chi connectivity index (χ1) is 11.2. The molecule has 23 heavy (non-hydrogen) atoms. The van der Waals surface area contributed by atoms with E-state index in [0.717, 1.165) is 16.9 Å². The van der Waals surface area contributed by atoms with Crippen LogP contribution in [0.25, 0.3) is 11.4 Å². The lowest BCUT2D eigenvalue weighted by molar-refractivity contribution is 0.849. The van der Waals surface area contributed by atoms with Crippen LogP contribution in [0.1, 0.15) is 16.7 Å². The minimum absolute atomic E-state index is 0.646. The van der Waals surface area contributed by atoms with Gasteiger partial charge in [0, 0.05) is 11.3 Å². The number of thioether (sulfide) groups is 1. The van der Waals surface area contributed by atoms with Gasteiger partial charge < -0.3 is 5.84 Å². The lowest BCUT2D eigenvalue weighted by Gasteiger charge is -2.04. The van der Waals surface area contributed by atoms with Gasteiger partial charge in [0.05, 0.1) is 11.6 Å². The Labute approximate surface area is 138 Å². The van der Waals surface area contributed by atoms with Gasteiger partial charge in [-0.15, -0.1) is 10.2 Å². The van der Waals surface area contributed by atoms with Crippen LogP contribution in [0.5, 0.6) is 0 Å². The van der Waals surface area contributed by atoms with Crippen LogP contribution >= 0.6 is 11.8 Å². The molecule has 3 rings (SSSR count). The van der Waals surface area contributed by atoms with Gasteiger partial charge in [0.2, 0.25) is 5.16 Å². The highest BCUT2D eigenvalue weighted by Crippen LogP contribution is 2.24. The molecule has 114 valence electrons. The van der Waals surface area contributed by atoms with Crippen molar-refractivity contribution in [3.05, 3.63) is 65.2 Å². The average Bonchev–Trinajstić information content (AvgIpc) is 2.95. The summed E-state index contributed by atoms with van der Waals surface area (Å²) in [6.07, 6.45) is 0. The second-order valence-corrected chi connectivity index (χ2v) is 6.08. The molecular formula is C17H15N5S. The molecule has 0 spiro atoms. The van der Waals surface area contributed by atoms with E-state index in [1.807, 2.05) is 43.3 Å². The Morgan fingerprint density at radius 2 is 1.78 bits per heavy atom. The van der Waals surface area contributed by atoms with Crippen LogP contribution in [-0.2, 0) is 5.75 Å². The van der Waals surface area contributed by atoms with Crippen molar-refractivity contribution in [1.29, 1.82) is 5.26 Å². The third kappa shape index (κ3) is 3.35. The third-order valence-corrected chi connectivity index (χ3v) is 4.44. The van der Waals surface area contributed by atoms with E-state index < -0.39 is 0 Å². The molecule has 0 saturated heterocycles. The van der Waals surface area contributed by atoms with E-state index in [1.54, 1.807) is 12.1 Å². The summed E-state index contributed by atoms with van der Waals surface area (Å²) in [5.74, 6) is 7.47. The van der Waals surface area contributed by atoms with Gasteiger partial charge in [-0.05, 0) is 24.6 Å². The first-order valence-corrected chi connectivity index (χ1v) is 8.05. The van der Waals surface area contributed by atoms with E-state index in [9.17, 15) is 0 Å². The fourth-order valence-corrected chi connectivity index (χ4v) is 2.91. The minimum atomic E-state index is 0.646. The highest BCUT2D eigenvalue weighted by molar-refractivity contribution is 7.98. The summed E-state index contributed by atoms with van der Waals surface area (Å²) >= 11 is 1.51. The summed E-state index contributed by atoms with van der Waals surface area (Å²) in [6.45, 7) is 2.04. The van der Waals surface area contributed by atoms with Gasteiger partial charge in [-0.1, -0.05) is 53.7 Å². The Kier molecular flexibility index (Phi) is 4.31. The van der Waals surface area contributed by atoms with E-state index >= 15 is 0 Å². The lowest BCUT2D eigenvalue weighted by atomic mass is 10.1. The van der Waals surface area contributed by atoms with Crippen LogP contribution in [0, 0.1) is 18.3 Å². The Hall–Kier alpha value is -2.78. The van der Waals surface area contributed by atoms with Crippen LogP contribution in [0.2, 0.25) is 0 Å². The predicted octanol–water partition coefficient (Wildman–Crippen LogP) is 3.13. The molecule has 0 bridgehead atoms. The van der Waals surface area contributed by atoms with Crippen LogP contribution in [0.15, 0.2) is 53.7 Å². The van der Waals surface area contributed by atoms with Crippen LogP contribution < -0.4 is 5.84 Å². The predicted molar refractivity (Wildman–Crippen MR) is 91.1 cm³/mol. The Bertz CT molecular complexity index is 844. The molecule has 5 nitrogen and oxygen atoms in total. The van der Waals surface area contributed by atoms with Crippen LogP contribution in [0.3, 0.4) is 0 Å². The molecule has 2 N–H and O–H groups in total. The molecule has 0 aliphatic carbocycles. The van der Waals surface area contributed by atoms with Crippen molar-refractivity contribution in [2.75, 3.05) is 5.84 Å². The number of rotatable bonds is 4. The maximum Gasteiger partial charge on any atom is 0.210 e. The van der Waals surface area contributed by atoms with Crippen molar-refractivity contribution in [1.82, 2.24) is 14.9 Å². The fourth-order valence-electron chi connectivity index (χ4n) is 2.10.